The molecule has 7 heteroatoms. The van der Waals surface area contributed by atoms with Crippen LogP contribution in [0.4, 0.5) is 5.69 Å². The molecular formula is C14H18N2O5. The monoisotopic (exact) mass is 294 g/mol. The lowest BCUT2D eigenvalue weighted by atomic mass is 10.0. The van der Waals surface area contributed by atoms with Gasteiger partial charge in [0.05, 0.1) is 12.0 Å². The van der Waals surface area contributed by atoms with Crippen LogP contribution < -0.4 is 5.32 Å². The highest BCUT2D eigenvalue weighted by atomic mass is 16.6. The summed E-state index contributed by atoms with van der Waals surface area (Å²) in [5.41, 5.74) is -0.386. The van der Waals surface area contributed by atoms with Gasteiger partial charge in [-0.2, -0.15) is 0 Å². The first-order chi connectivity index (χ1) is 9.86. The molecule has 114 valence electrons. The number of hydrogen-bond donors (Lipinski definition) is 1. The molecule has 21 heavy (non-hydrogen) atoms. The smallest absolute Gasteiger partial charge is 0.328 e. The van der Waals surface area contributed by atoms with E-state index in [1.807, 2.05) is 13.8 Å². The lowest BCUT2D eigenvalue weighted by Gasteiger charge is -2.18. The van der Waals surface area contributed by atoms with E-state index < -0.39 is 22.8 Å². The Bertz CT molecular complexity index is 542. The summed E-state index contributed by atoms with van der Waals surface area (Å²) < 4.78 is 4.64. The van der Waals surface area contributed by atoms with Gasteiger partial charge in [0.25, 0.3) is 11.6 Å². The number of benzene rings is 1. The van der Waals surface area contributed by atoms with E-state index in [0.29, 0.717) is 6.42 Å². The molecule has 1 rings (SSSR count). The number of nitro benzene ring substituents is 1. The van der Waals surface area contributed by atoms with E-state index in [4.69, 9.17) is 0 Å². The summed E-state index contributed by atoms with van der Waals surface area (Å²) in [5, 5.41) is 13.4. The Kier molecular flexibility index (Phi) is 5.83. The molecule has 0 aliphatic rings. The highest BCUT2D eigenvalue weighted by Crippen LogP contribution is 2.18. The molecule has 0 aliphatic carbocycles. The number of nitrogens with one attached hydrogen (secondary N) is 1. The van der Waals surface area contributed by atoms with Gasteiger partial charge >= 0.3 is 5.97 Å². The fourth-order valence-electron chi connectivity index (χ4n) is 1.89. The van der Waals surface area contributed by atoms with Gasteiger partial charge in [-0.05, 0) is 18.4 Å². The van der Waals surface area contributed by atoms with Crippen molar-refractivity contribution in [2.75, 3.05) is 7.11 Å². The molecule has 1 atom stereocenters. The highest BCUT2D eigenvalue weighted by Gasteiger charge is 2.26. The second-order valence-corrected chi connectivity index (χ2v) is 4.95. The zero-order valence-electron chi connectivity index (χ0n) is 12.2. The maximum Gasteiger partial charge on any atom is 0.328 e. The minimum atomic E-state index is -0.831. The average molecular weight is 294 g/mol. The van der Waals surface area contributed by atoms with Gasteiger partial charge in [-0.15, -0.1) is 0 Å². The lowest BCUT2D eigenvalue weighted by Crippen LogP contribution is -2.42. The summed E-state index contributed by atoms with van der Waals surface area (Å²) in [7, 11) is 1.23. The number of nitrogens with zero attached hydrogens (tertiary/aromatic N) is 1. The number of hydrogen-bond acceptors (Lipinski definition) is 5. The quantitative estimate of drug-likeness (QED) is 0.491. The average Bonchev–Trinajstić information content (AvgIpc) is 2.45. The molecule has 1 amide bonds. The number of rotatable bonds is 6. The maximum absolute atomic E-state index is 12.2. The summed E-state index contributed by atoms with van der Waals surface area (Å²) in [6.45, 7) is 3.79. The summed E-state index contributed by atoms with van der Waals surface area (Å²) in [6, 6.07) is 4.75. The predicted octanol–water partition coefficient (Wildman–Crippen LogP) is 1.91. The van der Waals surface area contributed by atoms with Crippen LogP contribution in [0.3, 0.4) is 0 Å². The number of ether oxygens (including phenoxy) is 1. The third kappa shape index (κ3) is 4.55. The number of carbonyl (C=O) groups is 2. The van der Waals surface area contributed by atoms with Crippen molar-refractivity contribution in [2.24, 2.45) is 5.92 Å². The number of esters is 1. The Morgan fingerprint density at radius 1 is 1.33 bits per heavy atom. The van der Waals surface area contributed by atoms with Crippen molar-refractivity contribution >= 4 is 17.6 Å². The van der Waals surface area contributed by atoms with E-state index in [1.54, 1.807) is 0 Å². The van der Waals surface area contributed by atoms with Gasteiger partial charge in [0.15, 0.2) is 0 Å². The van der Waals surface area contributed by atoms with Crippen molar-refractivity contribution in [3.8, 4) is 0 Å². The molecular weight excluding hydrogens is 276 g/mol. The van der Waals surface area contributed by atoms with Crippen LogP contribution in [0.25, 0.3) is 0 Å². The molecule has 0 unspecified atom stereocenters. The van der Waals surface area contributed by atoms with E-state index in [-0.39, 0.29) is 17.2 Å². The van der Waals surface area contributed by atoms with Gasteiger partial charge in [-0.1, -0.05) is 26.0 Å². The lowest BCUT2D eigenvalue weighted by molar-refractivity contribution is -0.385. The fraction of sp³-hybridized carbons (Fsp3) is 0.429. The van der Waals surface area contributed by atoms with Crippen LogP contribution in [0.15, 0.2) is 24.3 Å². The van der Waals surface area contributed by atoms with Crippen LogP contribution in [-0.4, -0.2) is 30.0 Å². The summed E-state index contributed by atoms with van der Waals surface area (Å²) in [6.07, 6.45) is 0.388. The van der Waals surface area contributed by atoms with Gasteiger partial charge in [-0.25, -0.2) is 4.79 Å². The Hall–Kier alpha value is -2.44. The fourth-order valence-corrected chi connectivity index (χ4v) is 1.89. The van der Waals surface area contributed by atoms with Crippen molar-refractivity contribution < 1.29 is 19.2 Å². The first-order valence-corrected chi connectivity index (χ1v) is 6.49. The molecule has 0 aliphatic heterocycles. The summed E-state index contributed by atoms with van der Waals surface area (Å²) in [5.74, 6) is -1.09. The zero-order valence-corrected chi connectivity index (χ0v) is 12.2. The number of para-hydroxylation sites is 1. The molecule has 0 saturated carbocycles. The SMILES string of the molecule is COC(=O)[C@@H](CC(C)C)NC(=O)c1ccccc1[N+](=O)[O-]. The van der Waals surface area contributed by atoms with Gasteiger partial charge in [-0.3, -0.25) is 14.9 Å². The van der Waals surface area contributed by atoms with Crippen LogP contribution in [-0.2, 0) is 9.53 Å². The third-order valence-electron chi connectivity index (χ3n) is 2.84. The van der Waals surface area contributed by atoms with Gasteiger partial charge in [0.2, 0.25) is 0 Å². The van der Waals surface area contributed by atoms with Gasteiger partial charge in [0.1, 0.15) is 11.6 Å². The van der Waals surface area contributed by atoms with E-state index in [2.05, 4.69) is 10.1 Å². The third-order valence-corrected chi connectivity index (χ3v) is 2.84. The molecule has 0 bridgehead atoms. The van der Waals surface area contributed by atoms with Crippen LogP contribution in [0.2, 0.25) is 0 Å². The van der Waals surface area contributed by atoms with Crippen LogP contribution in [0, 0.1) is 16.0 Å². The topological polar surface area (TPSA) is 98.5 Å². The molecule has 0 aromatic heterocycles. The first kappa shape index (κ1) is 16.6. The van der Waals surface area contributed by atoms with Gasteiger partial charge in [0, 0.05) is 6.07 Å². The largest absolute Gasteiger partial charge is 0.467 e. The number of carbonyl (C=O) groups excluding carboxylic acids is 2. The second-order valence-electron chi connectivity index (χ2n) is 4.95. The highest BCUT2D eigenvalue weighted by molar-refractivity contribution is 6.00. The number of methoxy groups -OCH3 is 1. The van der Waals surface area contributed by atoms with Crippen molar-refractivity contribution in [2.45, 2.75) is 26.3 Å². The summed E-state index contributed by atoms with van der Waals surface area (Å²) in [4.78, 5) is 34.1. The maximum atomic E-state index is 12.2. The van der Waals surface area contributed by atoms with Crippen molar-refractivity contribution in [1.82, 2.24) is 5.32 Å². The minimum Gasteiger partial charge on any atom is -0.467 e. The molecule has 1 N–H and O–H groups in total. The molecule has 0 spiro atoms. The van der Waals surface area contributed by atoms with E-state index in [1.165, 1.54) is 31.4 Å². The molecule has 0 radical (unpaired) electrons. The second kappa shape index (κ2) is 7.37. The minimum absolute atomic E-state index is 0.0832. The standard InChI is InChI=1S/C14H18N2O5/c1-9(2)8-11(14(18)21-3)15-13(17)10-6-4-5-7-12(10)16(19)20/h4-7,9,11H,8H2,1-3H3,(H,15,17)/t11-/m1/s1. The Morgan fingerprint density at radius 2 is 1.95 bits per heavy atom. The van der Waals surface area contributed by atoms with Crippen molar-refractivity contribution in [3.63, 3.8) is 0 Å². The molecule has 0 fully saturated rings. The zero-order chi connectivity index (χ0) is 16.0. The molecule has 0 heterocycles. The van der Waals surface area contributed by atoms with Crippen LogP contribution >= 0.6 is 0 Å². The Morgan fingerprint density at radius 3 is 2.48 bits per heavy atom. The molecule has 1 aromatic carbocycles. The van der Waals surface area contributed by atoms with E-state index in [9.17, 15) is 19.7 Å². The Labute approximate surface area is 122 Å². The predicted molar refractivity (Wildman–Crippen MR) is 75.8 cm³/mol. The molecule has 7 nitrogen and oxygen atoms in total. The molecule has 1 aromatic rings. The normalized spacial score (nSPS) is 11.8. The number of nitro groups is 1. The van der Waals surface area contributed by atoms with Crippen molar-refractivity contribution in [3.05, 3.63) is 39.9 Å². The Balaban J connectivity index is 2.97. The van der Waals surface area contributed by atoms with Crippen molar-refractivity contribution in [1.29, 1.82) is 0 Å². The van der Waals surface area contributed by atoms with Crippen LogP contribution in [0.1, 0.15) is 30.6 Å². The van der Waals surface area contributed by atoms with Crippen LogP contribution in [0.5, 0.6) is 0 Å². The summed E-state index contributed by atoms with van der Waals surface area (Å²) >= 11 is 0. The molecule has 0 saturated heterocycles. The first-order valence-electron chi connectivity index (χ1n) is 6.49. The van der Waals surface area contributed by atoms with Gasteiger partial charge < -0.3 is 10.1 Å². The van der Waals surface area contributed by atoms with E-state index >= 15 is 0 Å². The van der Waals surface area contributed by atoms with E-state index in [0.717, 1.165) is 0 Å². The number of amides is 1.